The van der Waals surface area contributed by atoms with E-state index < -0.39 is 0 Å². The fourth-order valence-corrected chi connectivity index (χ4v) is 3.35. The Bertz CT molecular complexity index is 1180. The first-order chi connectivity index (χ1) is 13.6. The zero-order valence-electron chi connectivity index (χ0n) is 15.6. The molecule has 2 amide bonds. The lowest BCUT2D eigenvalue weighted by Crippen LogP contribution is -2.33. The second-order valence-corrected chi connectivity index (χ2v) is 6.64. The van der Waals surface area contributed by atoms with Gasteiger partial charge in [-0.2, -0.15) is 0 Å². The van der Waals surface area contributed by atoms with Crippen molar-refractivity contribution in [2.24, 2.45) is 0 Å². The molecule has 0 bridgehead atoms. The molecule has 0 fully saturated rings. The van der Waals surface area contributed by atoms with Crippen molar-refractivity contribution in [1.29, 1.82) is 0 Å². The summed E-state index contributed by atoms with van der Waals surface area (Å²) in [5, 5.41) is 6.51. The number of benzene rings is 2. The van der Waals surface area contributed by atoms with Crippen molar-refractivity contribution in [2.45, 2.75) is 19.9 Å². The van der Waals surface area contributed by atoms with Crippen LogP contribution in [0, 0.1) is 0 Å². The number of aromatic nitrogens is 3. The standard InChI is InChI=1S/C21H21N5O2/c1-14(27)22-11-12-23-19(28)10-13-26-18-9-5-2-6-15(18)20-21(26)25-17-8-4-3-7-16(17)24-20/h2-9H,10-13H2,1H3,(H,22,27)(H,23,28). The van der Waals surface area contributed by atoms with Crippen LogP contribution in [-0.4, -0.2) is 39.4 Å². The molecule has 0 unspecified atom stereocenters. The van der Waals surface area contributed by atoms with E-state index in [2.05, 4.69) is 15.2 Å². The smallest absolute Gasteiger partial charge is 0.221 e. The van der Waals surface area contributed by atoms with Crippen molar-refractivity contribution >= 4 is 44.9 Å². The highest BCUT2D eigenvalue weighted by Gasteiger charge is 2.15. The quantitative estimate of drug-likeness (QED) is 0.507. The van der Waals surface area contributed by atoms with E-state index in [1.165, 1.54) is 6.92 Å². The number of amides is 2. The predicted octanol–water partition coefficient (Wildman–Crippen LogP) is 2.38. The molecule has 2 aromatic heterocycles. The Morgan fingerprint density at radius 1 is 0.929 bits per heavy atom. The summed E-state index contributed by atoms with van der Waals surface area (Å²) in [7, 11) is 0. The zero-order valence-corrected chi connectivity index (χ0v) is 15.6. The first-order valence-corrected chi connectivity index (χ1v) is 9.28. The first kappa shape index (κ1) is 17.9. The Morgan fingerprint density at radius 3 is 2.39 bits per heavy atom. The average Bonchev–Trinajstić information content (AvgIpc) is 3.00. The zero-order chi connectivity index (χ0) is 19.5. The van der Waals surface area contributed by atoms with Crippen molar-refractivity contribution in [3.8, 4) is 0 Å². The van der Waals surface area contributed by atoms with E-state index >= 15 is 0 Å². The van der Waals surface area contributed by atoms with Crippen LogP contribution >= 0.6 is 0 Å². The Hall–Kier alpha value is -3.48. The maximum atomic E-state index is 12.2. The molecule has 28 heavy (non-hydrogen) atoms. The van der Waals surface area contributed by atoms with Gasteiger partial charge in [0.1, 0.15) is 5.52 Å². The molecule has 0 saturated carbocycles. The summed E-state index contributed by atoms with van der Waals surface area (Å²) in [4.78, 5) is 32.7. The SMILES string of the molecule is CC(=O)NCCNC(=O)CCn1c2ccccc2c2nc3ccccc3nc21. The van der Waals surface area contributed by atoms with Crippen molar-refractivity contribution < 1.29 is 9.59 Å². The molecule has 2 aromatic carbocycles. The minimum absolute atomic E-state index is 0.0648. The summed E-state index contributed by atoms with van der Waals surface area (Å²) < 4.78 is 2.05. The topological polar surface area (TPSA) is 88.9 Å². The monoisotopic (exact) mass is 375 g/mol. The molecular formula is C21H21N5O2. The van der Waals surface area contributed by atoms with E-state index in [1.807, 2.05) is 48.5 Å². The van der Waals surface area contributed by atoms with Gasteiger partial charge in [0.15, 0.2) is 5.65 Å². The van der Waals surface area contributed by atoms with Gasteiger partial charge in [-0.3, -0.25) is 9.59 Å². The number of para-hydroxylation sites is 3. The van der Waals surface area contributed by atoms with E-state index in [-0.39, 0.29) is 11.8 Å². The molecule has 7 heteroatoms. The van der Waals surface area contributed by atoms with Gasteiger partial charge < -0.3 is 15.2 Å². The lowest BCUT2D eigenvalue weighted by Gasteiger charge is -2.08. The predicted molar refractivity (Wildman–Crippen MR) is 109 cm³/mol. The highest BCUT2D eigenvalue weighted by Crippen LogP contribution is 2.28. The maximum Gasteiger partial charge on any atom is 0.221 e. The Kier molecular flexibility index (Phi) is 4.89. The Balaban J connectivity index is 1.61. The van der Waals surface area contributed by atoms with Gasteiger partial charge in [0.25, 0.3) is 0 Å². The number of nitrogens with zero attached hydrogens (tertiary/aromatic N) is 3. The molecular weight excluding hydrogens is 354 g/mol. The number of rotatable bonds is 6. The van der Waals surface area contributed by atoms with Gasteiger partial charge in [-0.1, -0.05) is 30.3 Å². The Morgan fingerprint density at radius 2 is 1.61 bits per heavy atom. The molecule has 0 atom stereocenters. The summed E-state index contributed by atoms with van der Waals surface area (Å²) in [5.41, 5.74) is 4.33. The third-order valence-corrected chi connectivity index (χ3v) is 4.64. The van der Waals surface area contributed by atoms with Crippen LogP contribution in [0.5, 0.6) is 0 Å². The lowest BCUT2D eigenvalue weighted by molar-refractivity contribution is -0.122. The minimum Gasteiger partial charge on any atom is -0.355 e. The molecule has 0 aliphatic carbocycles. The number of carbonyl (C=O) groups excluding carboxylic acids is 2. The van der Waals surface area contributed by atoms with Gasteiger partial charge in [0.2, 0.25) is 11.8 Å². The van der Waals surface area contributed by atoms with Crippen LogP contribution in [0.25, 0.3) is 33.1 Å². The van der Waals surface area contributed by atoms with E-state index in [4.69, 9.17) is 9.97 Å². The van der Waals surface area contributed by atoms with Crippen LogP contribution in [0.3, 0.4) is 0 Å². The fourth-order valence-electron chi connectivity index (χ4n) is 3.35. The summed E-state index contributed by atoms with van der Waals surface area (Å²) >= 11 is 0. The minimum atomic E-state index is -0.106. The van der Waals surface area contributed by atoms with Gasteiger partial charge in [-0.25, -0.2) is 9.97 Å². The van der Waals surface area contributed by atoms with Gasteiger partial charge in [-0.15, -0.1) is 0 Å². The summed E-state index contributed by atoms with van der Waals surface area (Å²) in [6, 6.07) is 15.8. The molecule has 4 rings (SSSR count). The fraction of sp³-hybridized carbons (Fsp3) is 0.238. The van der Waals surface area contributed by atoms with Crippen LogP contribution in [0.2, 0.25) is 0 Å². The number of hydrogen-bond acceptors (Lipinski definition) is 4. The third kappa shape index (κ3) is 3.51. The van der Waals surface area contributed by atoms with Crippen molar-refractivity contribution in [3.05, 3.63) is 48.5 Å². The maximum absolute atomic E-state index is 12.2. The molecule has 142 valence electrons. The van der Waals surface area contributed by atoms with E-state index in [0.717, 1.165) is 33.1 Å². The molecule has 0 aliphatic rings. The summed E-state index contributed by atoms with van der Waals surface area (Å²) in [5.74, 6) is -0.171. The number of aryl methyl sites for hydroxylation is 1. The molecule has 0 spiro atoms. The van der Waals surface area contributed by atoms with Gasteiger partial charge >= 0.3 is 0 Å². The molecule has 2 N–H and O–H groups in total. The third-order valence-electron chi connectivity index (χ3n) is 4.64. The average molecular weight is 375 g/mol. The normalized spacial score (nSPS) is 11.2. The highest BCUT2D eigenvalue weighted by atomic mass is 16.2. The van der Waals surface area contributed by atoms with Gasteiger partial charge in [-0.05, 0) is 18.2 Å². The van der Waals surface area contributed by atoms with Crippen molar-refractivity contribution in [1.82, 2.24) is 25.2 Å². The number of carbonyl (C=O) groups is 2. The molecule has 0 radical (unpaired) electrons. The second kappa shape index (κ2) is 7.64. The Labute approximate surface area is 161 Å². The number of nitrogens with one attached hydrogen (secondary N) is 2. The summed E-state index contributed by atoms with van der Waals surface area (Å²) in [6.45, 7) is 2.79. The first-order valence-electron chi connectivity index (χ1n) is 9.28. The molecule has 2 heterocycles. The van der Waals surface area contributed by atoms with Crippen LogP contribution in [0.15, 0.2) is 48.5 Å². The van der Waals surface area contributed by atoms with Crippen LogP contribution in [0.4, 0.5) is 0 Å². The van der Waals surface area contributed by atoms with E-state index in [9.17, 15) is 9.59 Å². The largest absolute Gasteiger partial charge is 0.355 e. The number of fused-ring (bicyclic) bond motifs is 4. The molecule has 0 saturated heterocycles. The van der Waals surface area contributed by atoms with Crippen molar-refractivity contribution in [2.75, 3.05) is 13.1 Å². The van der Waals surface area contributed by atoms with Crippen LogP contribution < -0.4 is 10.6 Å². The van der Waals surface area contributed by atoms with Crippen LogP contribution in [-0.2, 0) is 16.1 Å². The van der Waals surface area contributed by atoms with E-state index in [0.29, 0.717) is 26.1 Å². The van der Waals surface area contributed by atoms with Crippen LogP contribution in [0.1, 0.15) is 13.3 Å². The molecule has 0 aliphatic heterocycles. The van der Waals surface area contributed by atoms with Crippen molar-refractivity contribution in [3.63, 3.8) is 0 Å². The lowest BCUT2D eigenvalue weighted by atomic mass is 10.2. The van der Waals surface area contributed by atoms with Gasteiger partial charge in [0, 0.05) is 38.4 Å². The van der Waals surface area contributed by atoms with E-state index in [1.54, 1.807) is 0 Å². The number of hydrogen-bond donors (Lipinski definition) is 2. The molecule has 7 nitrogen and oxygen atoms in total. The highest BCUT2D eigenvalue weighted by molar-refractivity contribution is 6.06. The second-order valence-electron chi connectivity index (χ2n) is 6.64. The molecule has 4 aromatic rings. The van der Waals surface area contributed by atoms with Gasteiger partial charge in [0.05, 0.1) is 16.6 Å². The summed E-state index contributed by atoms with van der Waals surface area (Å²) in [6.07, 6.45) is 0.322.